The Balaban J connectivity index is 2.71. The Morgan fingerprint density at radius 3 is 2.78 bits per heavy atom. The van der Waals surface area contributed by atoms with Gasteiger partial charge in [-0.1, -0.05) is 24.6 Å². The number of amides is 1. The van der Waals surface area contributed by atoms with Gasteiger partial charge in [0.25, 0.3) is 0 Å². The Morgan fingerprint density at radius 1 is 1.44 bits per heavy atom. The van der Waals surface area contributed by atoms with Crippen molar-refractivity contribution in [3.8, 4) is 0 Å². The Bertz CT molecular complexity index is 405. The van der Waals surface area contributed by atoms with Crippen molar-refractivity contribution in [1.82, 2.24) is 5.32 Å². The number of hydrogen-bond donors (Lipinski definition) is 2. The first-order valence-corrected chi connectivity index (χ1v) is 6.26. The fourth-order valence-corrected chi connectivity index (χ4v) is 1.83. The van der Waals surface area contributed by atoms with E-state index in [1.807, 2.05) is 44.0 Å². The molecule has 4 nitrogen and oxygen atoms in total. The Hall–Kier alpha value is -1.55. The van der Waals surface area contributed by atoms with E-state index in [0.717, 1.165) is 23.2 Å². The molecule has 0 heterocycles. The zero-order valence-corrected chi connectivity index (χ0v) is 11.4. The zero-order chi connectivity index (χ0) is 13.5. The minimum atomic E-state index is -0.0159. The number of anilines is 1. The van der Waals surface area contributed by atoms with Crippen molar-refractivity contribution in [3.63, 3.8) is 0 Å². The van der Waals surface area contributed by atoms with Crippen LogP contribution in [0, 0.1) is 6.92 Å². The number of likely N-dealkylation sites (N-methyl/N-ethyl adjacent to an activating group) is 1. The molecule has 0 spiro atoms. The number of nitrogens with zero attached hydrogens (tertiary/aromatic N) is 1. The van der Waals surface area contributed by atoms with Gasteiger partial charge in [-0.2, -0.15) is 0 Å². The highest BCUT2D eigenvalue weighted by Gasteiger charge is 2.10. The second-order valence-corrected chi connectivity index (χ2v) is 4.50. The van der Waals surface area contributed by atoms with Crippen LogP contribution >= 0.6 is 0 Å². The summed E-state index contributed by atoms with van der Waals surface area (Å²) in [6, 6.07) is 5.86. The first kappa shape index (κ1) is 14.5. The van der Waals surface area contributed by atoms with Crippen molar-refractivity contribution in [2.24, 2.45) is 0 Å². The highest BCUT2D eigenvalue weighted by molar-refractivity contribution is 5.81. The maximum absolute atomic E-state index is 11.6. The average Bonchev–Trinajstić information content (AvgIpc) is 2.35. The van der Waals surface area contributed by atoms with Crippen molar-refractivity contribution in [2.75, 3.05) is 25.0 Å². The van der Waals surface area contributed by atoms with E-state index >= 15 is 0 Å². The molecule has 0 unspecified atom stereocenters. The Morgan fingerprint density at radius 2 is 2.17 bits per heavy atom. The molecule has 0 saturated heterocycles. The predicted octanol–water partition coefficient (Wildman–Crippen LogP) is 1.45. The van der Waals surface area contributed by atoms with E-state index in [-0.39, 0.29) is 12.5 Å². The quantitative estimate of drug-likeness (QED) is 0.803. The van der Waals surface area contributed by atoms with Gasteiger partial charge in [0, 0.05) is 24.8 Å². The smallest absolute Gasteiger partial charge is 0.239 e. The molecule has 0 bridgehead atoms. The molecule has 0 aliphatic rings. The molecule has 0 radical (unpaired) electrons. The molecule has 4 heteroatoms. The van der Waals surface area contributed by atoms with Gasteiger partial charge in [0.2, 0.25) is 5.91 Å². The van der Waals surface area contributed by atoms with Gasteiger partial charge in [0.1, 0.15) is 0 Å². The van der Waals surface area contributed by atoms with Crippen LogP contribution in [0.5, 0.6) is 0 Å². The summed E-state index contributed by atoms with van der Waals surface area (Å²) in [4.78, 5) is 13.5. The van der Waals surface area contributed by atoms with Crippen LogP contribution in [0.15, 0.2) is 18.2 Å². The average molecular weight is 250 g/mol. The minimum absolute atomic E-state index is 0.00353. The molecule has 0 saturated carbocycles. The van der Waals surface area contributed by atoms with E-state index in [2.05, 4.69) is 5.32 Å². The standard InChI is InChI=1S/C14H22N2O2/c1-4-7-15-14(18)9-16(3)13-6-5-11(2)8-12(13)10-17/h5-6,8,17H,4,7,9-10H2,1-3H3,(H,15,18). The summed E-state index contributed by atoms with van der Waals surface area (Å²) in [5.41, 5.74) is 2.85. The van der Waals surface area contributed by atoms with E-state index < -0.39 is 0 Å². The van der Waals surface area contributed by atoms with Crippen LogP contribution in [0.25, 0.3) is 0 Å². The number of nitrogens with one attached hydrogen (secondary N) is 1. The van der Waals surface area contributed by atoms with Gasteiger partial charge < -0.3 is 15.3 Å². The molecule has 1 aromatic rings. The van der Waals surface area contributed by atoms with E-state index in [9.17, 15) is 9.90 Å². The summed E-state index contributed by atoms with van der Waals surface area (Å²) in [5, 5.41) is 12.2. The highest BCUT2D eigenvalue weighted by atomic mass is 16.3. The van der Waals surface area contributed by atoms with E-state index in [1.54, 1.807) is 0 Å². The Kier molecular flexibility index (Phi) is 5.65. The van der Waals surface area contributed by atoms with Crippen molar-refractivity contribution in [3.05, 3.63) is 29.3 Å². The fraction of sp³-hybridized carbons (Fsp3) is 0.500. The summed E-state index contributed by atoms with van der Waals surface area (Å²) in [6.07, 6.45) is 0.932. The first-order valence-electron chi connectivity index (χ1n) is 6.26. The molecule has 100 valence electrons. The van der Waals surface area contributed by atoms with Gasteiger partial charge in [-0.05, 0) is 19.4 Å². The Labute approximate surface area is 109 Å². The van der Waals surface area contributed by atoms with Crippen LogP contribution in [-0.2, 0) is 11.4 Å². The number of aryl methyl sites for hydroxylation is 1. The van der Waals surface area contributed by atoms with Crippen LogP contribution in [-0.4, -0.2) is 31.2 Å². The lowest BCUT2D eigenvalue weighted by molar-refractivity contribution is -0.119. The van der Waals surface area contributed by atoms with Crippen molar-refractivity contribution in [1.29, 1.82) is 0 Å². The number of carbonyl (C=O) groups is 1. The summed E-state index contributed by atoms with van der Waals surface area (Å²) in [6.45, 7) is 4.99. The molecule has 1 rings (SSSR count). The van der Waals surface area contributed by atoms with Crippen LogP contribution in [0.1, 0.15) is 24.5 Å². The molecule has 2 N–H and O–H groups in total. The third-order valence-corrected chi connectivity index (χ3v) is 2.77. The van der Waals surface area contributed by atoms with Gasteiger partial charge in [0.15, 0.2) is 0 Å². The van der Waals surface area contributed by atoms with Crippen LogP contribution < -0.4 is 10.2 Å². The maximum Gasteiger partial charge on any atom is 0.239 e. The number of benzene rings is 1. The van der Waals surface area contributed by atoms with Gasteiger partial charge >= 0.3 is 0 Å². The molecule has 1 amide bonds. The third kappa shape index (κ3) is 4.04. The second kappa shape index (κ2) is 7.01. The van der Waals surface area contributed by atoms with Crippen LogP contribution in [0.3, 0.4) is 0 Å². The largest absolute Gasteiger partial charge is 0.392 e. The van der Waals surface area contributed by atoms with Crippen molar-refractivity contribution in [2.45, 2.75) is 26.9 Å². The van der Waals surface area contributed by atoms with Crippen LogP contribution in [0.2, 0.25) is 0 Å². The number of aliphatic hydroxyl groups is 1. The van der Waals surface area contributed by atoms with Gasteiger partial charge in [-0.3, -0.25) is 4.79 Å². The lowest BCUT2D eigenvalue weighted by Gasteiger charge is -2.21. The summed E-state index contributed by atoms with van der Waals surface area (Å²) in [7, 11) is 1.86. The molecule has 0 aromatic heterocycles. The summed E-state index contributed by atoms with van der Waals surface area (Å²) >= 11 is 0. The first-order chi connectivity index (χ1) is 8.58. The topological polar surface area (TPSA) is 52.6 Å². The molecule has 0 fully saturated rings. The molecule has 0 aliphatic carbocycles. The third-order valence-electron chi connectivity index (χ3n) is 2.77. The molecular formula is C14H22N2O2. The number of carbonyl (C=O) groups excluding carboxylic acids is 1. The second-order valence-electron chi connectivity index (χ2n) is 4.50. The van der Waals surface area contributed by atoms with Gasteiger partial charge in [-0.25, -0.2) is 0 Å². The summed E-state index contributed by atoms with van der Waals surface area (Å²) in [5.74, 6) is 0.00353. The molecule has 0 atom stereocenters. The van der Waals surface area contributed by atoms with E-state index in [4.69, 9.17) is 0 Å². The van der Waals surface area contributed by atoms with Crippen molar-refractivity contribution >= 4 is 11.6 Å². The predicted molar refractivity (Wildman–Crippen MR) is 73.7 cm³/mol. The fourth-order valence-electron chi connectivity index (χ4n) is 1.83. The van der Waals surface area contributed by atoms with E-state index in [0.29, 0.717) is 13.1 Å². The van der Waals surface area contributed by atoms with Gasteiger partial charge in [-0.15, -0.1) is 0 Å². The molecule has 1 aromatic carbocycles. The van der Waals surface area contributed by atoms with E-state index in [1.165, 1.54) is 0 Å². The molecule has 18 heavy (non-hydrogen) atoms. The molecular weight excluding hydrogens is 228 g/mol. The monoisotopic (exact) mass is 250 g/mol. The zero-order valence-electron chi connectivity index (χ0n) is 11.4. The number of aliphatic hydroxyl groups excluding tert-OH is 1. The highest BCUT2D eigenvalue weighted by Crippen LogP contribution is 2.20. The summed E-state index contributed by atoms with van der Waals surface area (Å²) < 4.78 is 0. The molecule has 0 aliphatic heterocycles. The lowest BCUT2D eigenvalue weighted by atomic mass is 10.1. The normalized spacial score (nSPS) is 10.2. The maximum atomic E-state index is 11.6. The number of hydrogen-bond acceptors (Lipinski definition) is 3. The van der Waals surface area contributed by atoms with Crippen LogP contribution in [0.4, 0.5) is 5.69 Å². The SMILES string of the molecule is CCCNC(=O)CN(C)c1ccc(C)cc1CO. The lowest BCUT2D eigenvalue weighted by Crippen LogP contribution is -2.35. The minimum Gasteiger partial charge on any atom is -0.392 e. The van der Waals surface area contributed by atoms with Gasteiger partial charge in [0.05, 0.1) is 13.2 Å². The number of rotatable bonds is 6. The van der Waals surface area contributed by atoms with Crippen molar-refractivity contribution < 1.29 is 9.90 Å².